The van der Waals surface area contributed by atoms with E-state index in [1.54, 1.807) is 18.3 Å². The first kappa shape index (κ1) is 14.3. The van der Waals surface area contributed by atoms with Gasteiger partial charge in [0.05, 0.1) is 5.56 Å². The summed E-state index contributed by atoms with van der Waals surface area (Å²) in [4.78, 5) is 12.3. The highest BCUT2D eigenvalue weighted by molar-refractivity contribution is 5.71. The third kappa shape index (κ3) is 2.84. The Morgan fingerprint density at radius 2 is 1.77 bits per heavy atom. The molecule has 0 bridgehead atoms. The number of pyridine rings is 1. The summed E-state index contributed by atoms with van der Waals surface area (Å²) in [5.41, 5.74) is 0.711. The molecule has 0 spiro atoms. The van der Waals surface area contributed by atoms with Crippen LogP contribution in [0.3, 0.4) is 0 Å². The molecule has 1 unspecified atom stereocenters. The predicted octanol–water partition coefficient (Wildman–Crippen LogP) is 2.45. The van der Waals surface area contributed by atoms with E-state index in [0.717, 1.165) is 12.1 Å². The number of aliphatic hydroxyl groups excluding tert-OH is 1. The number of fused-ring (bicyclic) bond motifs is 1. The largest absolute Gasteiger partial charge is 0.386 e. The lowest BCUT2D eigenvalue weighted by atomic mass is 10.1. The topological polar surface area (TPSA) is 70.9 Å². The fourth-order valence-corrected chi connectivity index (χ4v) is 2.09. The molecule has 112 valence electrons. The SMILES string of the molecule is OC(CNc1ccc2nccnc2n1)c1c(F)cccc1F. The summed E-state index contributed by atoms with van der Waals surface area (Å²) in [6.07, 6.45) is 1.74. The molecular weight excluding hydrogens is 290 g/mol. The number of benzene rings is 1. The van der Waals surface area contributed by atoms with E-state index in [2.05, 4.69) is 20.3 Å². The van der Waals surface area contributed by atoms with Crippen molar-refractivity contribution in [3.05, 3.63) is 59.9 Å². The molecule has 1 atom stereocenters. The van der Waals surface area contributed by atoms with E-state index in [4.69, 9.17) is 0 Å². The lowest BCUT2D eigenvalue weighted by Crippen LogP contribution is -2.15. The van der Waals surface area contributed by atoms with E-state index in [0.29, 0.717) is 17.0 Å². The van der Waals surface area contributed by atoms with Crippen LogP contribution in [0.25, 0.3) is 11.2 Å². The van der Waals surface area contributed by atoms with E-state index in [1.165, 1.54) is 12.3 Å². The van der Waals surface area contributed by atoms with E-state index < -0.39 is 17.7 Å². The number of aliphatic hydroxyl groups is 1. The van der Waals surface area contributed by atoms with Crippen molar-refractivity contribution in [3.63, 3.8) is 0 Å². The Morgan fingerprint density at radius 1 is 1.05 bits per heavy atom. The highest BCUT2D eigenvalue weighted by Crippen LogP contribution is 2.21. The Kier molecular flexibility index (Phi) is 3.88. The average molecular weight is 302 g/mol. The fraction of sp³-hybridized carbons (Fsp3) is 0.133. The van der Waals surface area contributed by atoms with Crippen molar-refractivity contribution >= 4 is 17.0 Å². The van der Waals surface area contributed by atoms with Crippen molar-refractivity contribution in [2.45, 2.75) is 6.10 Å². The second-order valence-corrected chi connectivity index (χ2v) is 4.63. The van der Waals surface area contributed by atoms with Crippen molar-refractivity contribution in [1.82, 2.24) is 15.0 Å². The van der Waals surface area contributed by atoms with Crippen molar-refractivity contribution in [2.75, 3.05) is 11.9 Å². The number of nitrogens with zero attached hydrogens (tertiary/aromatic N) is 3. The molecule has 22 heavy (non-hydrogen) atoms. The number of hydrogen-bond donors (Lipinski definition) is 2. The minimum atomic E-state index is -1.33. The maximum Gasteiger partial charge on any atom is 0.180 e. The summed E-state index contributed by atoms with van der Waals surface area (Å²) in [6, 6.07) is 6.82. The number of hydrogen-bond acceptors (Lipinski definition) is 5. The Balaban J connectivity index is 1.76. The van der Waals surface area contributed by atoms with Gasteiger partial charge in [-0.1, -0.05) is 6.07 Å². The number of rotatable bonds is 4. The van der Waals surface area contributed by atoms with Crippen molar-refractivity contribution in [1.29, 1.82) is 0 Å². The quantitative estimate of drug-likeness (QED) is 0.774. The highest BCUT2D eigenvalue weighted by atomic mass is 19.1. The van der Waals surface area contributed by atoms with Crippen LogP contribution >= 0.6 is 0 Å². The number of aromatic nitrogens is 3. The molecule has 3 rings (SSSR count). The number of halogens is 2. The molecule has 7 heteroatoms. The molecule has 0 saturated heterocycles. The first-order chi connectivity index (χ1) is 10.6. The standard InChI is InChI=1S/C15H12F2N4O/c16-9-2-1-3-10(17)14(9)12(22)8-20-13-5-4-11-15(21-13)19-7-6-18-11/h1-7,12,22H,8H2,(H,19,20,21). The van der Waals surface area contributed by atoms with Crippen LogP contribution in [0.2, 0.25) is 0 Å². The first-order valence-corrected chi connectivity index (χ1v) is 6.59. The third-order valence-corrected chi connectivity index (χ3v) is 3.14. The van der Waals surface area contributed by atoms with Crippen LogP contribution in [0.1, 0.15) is 11.7 Å². The van der Waals surface area contributed by atoms with Crippen molar-refractivity contribution in [3.8, 4) is 0 Å². The molecule has 0 fully saturated rings. The van der Waals surface area contributed by atoms with Crippen LogP contribution in [0.5, 0.6) is 0 Å². The minimum Gasteiger partial charge on any atom is -0.386 e. The van der Waals surface area contributed by atoms with E-state index in [1.807, 2.05) is 0 Å². The Morgan fingerprint density at radius 3 is 2.55 bits per heavy atom. The van der Waals surface area contributed by atoms with Gasteiger partial charge in [0.15, 0.2) is 5.65 Å². The van der Waals surface area contributed by atoms with Gasteiger partial charge in [0, 0.05) is 18.9 Å². The molecule has 5 nitrogen and oxygen atoms in total. The number of nitrogens with one attached hydrogen (secondary N) is 1. The zero-order valence-corrected chi connectivity index (χ0v) is 11.4. The van der Waals surface area contributed by atoms with E-state index in [9.17, 15) is 13.9 Å². The second kappa shape index (κ2) is 5.98. The number of anilines is 1. The summed E-state index contributed by atoms with van der Waals surface area (Å²) >= 11 is 0. The average Bonchev–Trinajstić information content (AvgIpc) is 2.52. The van der Waals surface area contributed by atoms with E-state index in [-0.39, 0.29) is 12.1 Å². The Hall–Kier alpha value is -2.67. The van der Waals surface area contributed by atoms with Crippen LogP contribution in [0.4, 0.5) is 14.6 Å². The van der Waals surface area contributed by atoms with Gasteiger partial charge in [-0.05, 0) is 24.3 Å². The minimum absolute atomic E-state index is 0.0867. The van der Waals surface area contributed by atoms with Crippen LogP contribution in [-0.2, 0) is 0 Å². The molecule has 3 aromatic rings. The summed E-state index contributed by atoms with van der Waals surface area (Å²) in [5, 5.41) is 12.8. The molecule has 0 radical (unpaired) electrons. The molecule has 0 aliphatic heterocycles. The van der Waals surface area contributed by atoms with Crippen LogP contribution < -0.4 is 5.32 Å². The summed E-state index contributed by atoms with van der Waals surface area (Å²) < 4.78 is 27.1. The van der Waals surface area contributed by atoms with E-state index >= 15 is 0 Å². The molecular formula is C15H12F2N4O. The molecule has 2 heterocycles. The van der Waals surface area contributed by atoms with Gasteiger partial charge in [0.25, 0.3) is 0 Å². The molecule has 0 saturated carbocycles. The summed E-state index contributed by atoms with van der Waals surface area (Å²) in [5.74, 6) is -1.14. The Labute approximate surface area is 124 Å². The zero-order valence-electron chi connectivity index (χ0n) is 11.4. The van der Waals surface area contributed by atoms with Gasteiger partial charge in [-0.15, -0.1) is 0 Å². The molecule has 0 aliphatic rings. The molecule has 1 aromatic carbocycles. The van der Waals surface area contributed by atoms with Gasteiger partial charge in [-0.3, -0.25) is 4.98 Å². The smallest absolute Gasteiger partial charge is 0.180 e. The van der Waals surface area contributed by atoms with Gasteiger partial charge in [0.2, 0.25) is 0 Å². The van der Waals surface area contributed by atoms with Gasteiger partial charge in [-0.2, -0.15) is 0 Å². The Bertz CT molecular complexity index is 792. The van der Waals surface area contributed by atoms with Gasteiger partial charge in [0.1, 0.15) is 29.1 Å². The molecule has 2 aromatic heterocycles. The predicted molar refractivity (Wildman–Crippen MR) is 77.1 cm³/mol. The van der Waals surface area contributed by atoms with Gasteiger partial charge < -0.3 is 10.4 Å². The first-order valence-electron chi connectivity index (χ1n) is 6.59. The maximum absolute atomic E-state index is 13.6. The van der Waals surface area contributed by atoms with Crippen LogP contribution in [0.15, 0.2) is 42.7 Å². The van der Waals surface area contributed by atoms with Crippen molar-refractivity contribution < 1.29 is 13.9 Å². The normalized spacial score (nSPS) is 12.3. The van der Waals surface area contributed by atoms with Gasteiger partial charge >= 0.3 is 0 Å². The monoisotopic (exact) mass is 302 g/mol. The molecule has 2 N–H and O–H groups in total. The van der Waals surface area contributed by atoms with Crippen LogP contribution in [-0.4, -0.2) is 26.6 Å². The summed E-state index contributed by atoms with van der Waals surface area (Å²) in [7, 11) is 0. The fourth-order valence-electron chi connectivity index (χ4n) is 2.09. The van der Waals surface area contributed by atoms with Crippen molar-refractivity contribution in [2.24, 2.45) is 0 Å². The summed E-state index contributed by atoms with van der Waals surface area (Å²) in [6.45, 7) is -0.0867. The maximum atomic E-state index is 13.6. The molecule has 0 aliphatic carbocycles. The lowest BCUT2D eigenvalue weighted by molar-refractivity contribution is 0.181. The molecule has 0 amide bonds. The lowest BCUT2D eigenvalue weighted by Gasteiger charge is -2.14. The third-order valence-electron chi connectivity index (χ3n) is 3.14. The van der Waals surface area contributed by atoms with Gasteiger partial charge in [-0.25, -0.2) is 18.7 Å². The second-order valence-electron chi connectivity index (χ2n) is 4.63. The highest BCUT2D eigenvalue weighted by Gasteiger charge is 2.17. The zero-order chi connectivity index (χ0) is 15.5. The van der Waals surface area contributed by atoms with Crippen LogP contribution in [0, 0.1) is 11.6 Å².